The van der Waals surface area contributed by atoms with Crippen LogP contribution in [0.3, 0.4) is 0 Å². The molecule has 0 radical (unpaired) electrons. The van der Waals surface area contributed by atoms with Gasteiger partial charge in [-0.1, -0.05) is 67.9 Å². The highest BCUT2D eigenvalue weighted by atomic mass is 35.5. The van der Waals surface area contributed by atoms with Gasteiger partial charge < -0.3 is 5.32 Å². The topological polar surface area (TPSA) is 12.0 Å². The van der Waals surface area contributed by atoms with Crippen molar-refractivity contribution < 1.29 is 0 Å². The molecule has 1 unspecified atom stereocenters. The van der Waals surface area contributed by atoms with Crippen molar-refractivity contribution in [1.82, 2.24) is 5.32 Å². The van der Waals surface area contributed by atoms with Crippen LogP contribution in [0.5, 0.6) is 0 Å². The molecule has 2 aromatic rings. The highest BCUT2D eigenvalue weighted by Gasteiger charge is 2.30. The Labute approximate surface area is 133 Å². The molecule has 112 valence electrons. The second kappa shape index (κ2) is 6.64. The molecule has 0 fully saturated rings. The molecule has 0 aromatic heterocycles. The van der Waals surface area contributed by atoms with Gasteiger partial charge in [-0.25, -0.2) is 0 Å². The van der Waals surface area contributed by atoms with E-state index in [2.05, 4.69) is 68.6 Å². The first-order chi connectivity index (χ1) is 9.95. The Bertz CT molecular complexity index is 590. The number of rotatable bonds is 5. The number of nitrogens with one attached hydrogen (secondary N) is 1. The summed E-state index contributed by atoms with van der Waals surface area (Å²) in [5.74, 6) is 0. The predicted molar refractivity (Wildman–Crippen MR) is 92.2 cm³/mol. The monoisotopic (exact) mass is 301 g/mol. The molecule has 0 aliphatic rings. The van der Waals surface area contributed by atoms with Crippen LogP contribution in [0, 0.1) is 6.92 Å². The van der Waals surface area contributed by atoms with Crippen molar-refractivity contribution in [3.63, 3.8) is 0 Å². The molecule has 0 aliphatic heterocycles. The molecule has 0 heterocycles. The van der Waals surface area contributed by atoms with Crippen molar-refractivity contribution in [2.75, 3.05) is 7.05 Å². The molecule has 1 nitrogen and oxygen atoms in total. The van der Waals surface area contributed by atoms with Crippen LogP contribution in [0.25, 0.3) is 0 Å². The van der Waals surface area contributed by atoms with E-state index in [1.54, 1.807) is 0 Å². The molecule has 1 N–H and O–H groups in total. The summed E-state index contributed by atoms with van der Waals surface area (Å²) in [6.45, 7) is 6.64. The van der Waals surface area contributed by atoms with Gasteiger partial charge in [0.2, 0.25) is 0 Å². The van der Waals surface area contributed by atoms with E-state index in [-0.39, 0.29) is 5.41 Å². The molecule has 1 atom stereocenters. The van der Waals surface area contributed by atoms with Crippen molar-refractivity contribution in [1.29, 1.82) is 0 Å². The van der Waals surface area contributed by atoms with Crippen molar-refractivity contribution in [3.05, 3.63) is 70.2 Å². The summed E-state index contributed by atoms with van der Waals surface area (Å²) in [7, 11) is 2.03. The minimum absolute atomic E-state index is 0.0320. The molecule has 0 bridgehead atoms. The third-order valence-corrected chi connectivity index (χ3v) is 4.72. The average molecular weight is 302 g/mol. The van der Waals surface area contributed by atoms with Gasteiger partial charge in [0.1, 0.15) is 0 Å². The van der Waals surface area contributed by atoms with Crippen LogP contribution >= 0.6 is 11.6 Å². The second-order valence-electron chi connectivity index (χ2n) is 6.23. The second-order valence-corrected chi connectivity index (χ2v) is 6.64. The summed E-state index contributed by atoms with van der Waals surface area (Å²) < 4.78 is 0. The summed E-state index contributed by atoms with van der Waals surface area (Å²) in [6.07, 6.45) is 0.914. The SMILES string of the molecule is CNC(Cc1ccc(C)cc1Cl)C(C)(C)c1ccccc1. The highest BCUT2D eigenvalue weighted by molar-refractivity contribution is 6.31. The minimum Gasteiger partial charge on any atom is -0.316 e. The van der Waals surface area contributed by atoms with E-state index >= 15 is 0 Å². The van der Waals surface area contributed by atoms with E-state index < -0.39 is 0 Å². The molecule has 2 rings (SSSR count). The van der Waals surface area contributed by atoms with Crippen LogP contribution in [0.4, 0.5) is 0 Å². The summed E-state index contributed by atoms with van der Waals surface area (Å²) in [6, 6.07) is 17.3. The van der Waals surface area contributed by atoms with Gasteiger partial charge in [0.05, 0.1) is 0 Å². The van der Waals surface area contributed by atoms with E-state index in [9.17, 15) is 0 Å². The summed E-state index contributed by atoms with van der Waals surface area (Å²) in [5.41, 5.74) is 3.77. The van der Waals surface area contributed by atoms with Crippen molar-refractivity contribution in [2.45, 2.75) is 38.6 Å². The number of aryl methyl sites for hydroxylation is 1. The van der Waals surface area contributed by atoms with E-state index in [0.29, 0.717) is 6.04 Å². The van der Waals surface area contributed by atoms with Gasteiger partial charge in [0.15, 0.2) is 0 Å². The molecule has 0 saturated heterocycles. The minimum atomic E-state index is 0.0320. The Balaban J connectivity index is 2.27. The molecule has 0 aliphatic carbocycles. The molecular weight excluding hydrogens is 278 g/mol. The summed E-state index contributed by atoms with van der Waals surface area (Å²) in [4.78, 5) is 0. The summed E-state index contributed by atoms with van der Waals surface area (Å²) in [5, 5.41) is 4.33. The third-order valence-electron chi connectivity index (χ3n) is 4.37. The zero-order valence-electron chi connectivity index (χ0n) is 13.3. The smallest absolute Gasteiger partial charge is 0.0441 e. The van der Waals surface area contributed by atoms with E-state index in [0.717, 1.165) is 11.4 Å². The van der Waals surface area contributed by atoms with Gasteiger partial charge in [0.25, 0.3) is 0 Å². The van der Waals surface area contributed by atoms with E-state index in [4.69, 9.17) is 11.6 Å². The molecule has 0 saturated carbocycles. The Morgan fingerprint density at radius 3 is 2.33 bits per heavy atom. The number of likely N-dealkylation sites (N-methyl/N-ethyl adjacent to an activating group) is 1. The van der Waals surface area contributed by atoms with Gasteiger partial charge in [-0.2, -0.15) is 0 Å². The normalized spacial score (nSPS) is 13.2. The average Bonchev–Trinajstić information content (AvgIpc) is 2.47. The standard InChI is InChI=1S/C19H24ClN/c1-14-10-11-15(17(20)12-14)13-18(21-4)19(2,3)16-8-6-5-7-9-16/h5-12,18,21H,13H2,1-4H3. The Hall–Kier alpha value is -1.31. The lowest BCUT2D eigenvalue weighted by molar-refractivity contribution is 0.356. The fourth-order valence-electron chi connectivity index (χ4n) is 2.82. The zero-order valence-corrected chi connectivity index (χ0v) is 14.0. The van der Waals surface area contributed by atoms with E-state index in [1.807, 2.05) is 13.1 Å². The number of benzene rings is 2. The fourth-order valence-corrected chi connectivity index (χ4v) is 3.14. The molecule has 2 heteroatoms. The van der Waals surface area contributed by atoms with Crippen molar-refractivity contribution in [3.8, 4) is 0 Å². The zero-order chi connectivity index (χ0) is 15.5. The maximum Gasteiger partial charge on any atom is 0.0441 e. The predicted octanol–water partition coefficient (Wildman–Crippen LogP) is 4.76. The number of halogens is 1. The number of hydrogen-bond donors (Lipinski definition) is 1. The lowest BCUT2D eigenvalue weighted by Gasteiger charge is -2.35. The molecule has 0 spiro atoms. The summed E-state index contributed by atoms with van der Waals surface area (Å²) >= 11 is 6.40. The quantitative estimate of drug-likeness (QED) is 0.840. The van der Waals surface area contributed by atoms with Gasteiger partial charge in [-0.05, 0) is 43.1 Å². The van der Waals surface area contributed by atoms with Crippen LogP contribution in [0.2, 0.25) is 5.02 Å². The lowest BCUT2D eigenvalue weighted by atomic mass is 9.75. The number of hydrogen-bond acceptors (Lipinski definition) is 1. The van der Waals surface area contributed by atoms with Gasteiger partial charge in [0, 0.05) is 16.5 Å². The first kappa shape index (κ1) is 16.1. The van der Waals surface area contributed by atoms with Crippen molar-refractivity contribution in [2.24, 2.45) is 0 Å². The maximum absolute atomic E-state index is 6.40. The molecule has 21 heavy (non-hydrogen) atoms. The van der Waals surface area contributed by atoms with Crippen LogP contribution in [-0.4, -0.2) is 13.1 Å². The Morgan fingerprint density at radius 2 is 1.76 bits per heavy atom. The van der Waals surface area contributed by atoms with Crippen molar-refractivity contribution >= 4 is 11.6 Å². The first-order valence-corrected chi connectivity index (χ1v) is 7.80. The van der Waals surface area contributed by atoms with Gasteiger partial charge >= 0.3 is 0 Å². The highest BCUT2D eigenvalue weighted by Crippen LogP contribution is 2.30. The fraction of sp³-hybridized carbons (Fsp3) is 0.368. The Kier molecular flexibility index (Phi) is 5.08. The third kappa shape index (κ3) is 3.66. The Morgan fingerprint density at radius 1 is 1.10 bits per heavy atom. The first-order valence-electron chi connectivity index (χ1n) is 7.43. The van der Waals surface area contributed by atoms with Crippen LogP contribution in [0.15, 0.2) is 48.5 Å². The largest absolute Gasteiger partial charge is 0.316 e. The van der Waals surface area contributed by atoms with Gasteiger partial charge in [-0.3, -0.25) is 0 Å². The van der Waals surface area contributed by atoms with Gasteiger partial charge in [-0.15, -0.1) is 0 Å². The lowest BCUT2D eigenvalue weighted by Crippen LogP contribution is -2.44. The molecule has 0 amide bonds. The van der Waals surface area contributed by atoms with Crippen LogP contribution in [-0.2, 0) is 11.8 Å². The molecular formula is C19H24ClN. The van der Waals surface area contributed by atoms with Crippen LogP contribution < -0.4 is 5.32 Å². The molecule has 2 aromatic carbocycles. The van der Waals surface area contributed by atoms with Crippen LogP contribution in [0.1, 0.15) is 30.5 Å². The maximum atomic E-state index is 6.40. The van der Waals surface area contributed by atoms with E-state index in [1.165, 1.54) is 16.7 Å².